The van der Waals surface area contributed by atoms with Crippen molar-refractivity contribution in [3.63, 3.8) is 0 Å². The first-order valence-corrected chi connectivity index (χ1v) is 4.06. The maximum Gasteiger partial charge on any atom is 0.160 e. The van der Waals surface area contributed by atoms with E-state index in [4.69, 9.17) is 14.9 Å². The van der Waals surface area contributed by atoms with Gasteiger partial charge in [-0.05, 0) is 12.1 Å². The number of methoxy groups -OCH3 is 1. The molecule has 0 fully saturated rings. The highest BCUT2D eigenvalue weighted by molar-refractivity contribution is 6.00. The van der Waals surface area contributed by atoms with Gasteiger partial charge in [0.2, 0.25) is 0 Å². The molecule has 1 aromatic carbocycles. The molecule has 1 aromatic heterocycles. The summed E-state index contributed by atoms with van der Waals surface area (Å²) in [6.07, 6.45) is 2.22. The highest BCUT2D eigenvalue weighted by atomic mass is 16.5. The molecule has 2 rings (SSSR count). The second-order valence-corrected chi connectivity index (χ2v) is 2.87. The summed E-state index contributed by atoms with van der Waals surface area (Å²) in [6.45, 7) is 0. The van der Waals surface area contributed by atoms with E-state index >= 15 is 0 Å². The lowest BCUT2D eigenvalue weighted by molar-refractivity contribution is 0.112. The summed E-state index contributed by atoms with van der Waals surface area (Å²) in [4.78, 5) is 10.7. The minimum Gasteiger partial charge on any atom is -0.495 e. The minimum absolute atomic E-state index is 0.430. The second-order valence-electron chi connectivity index (χ2n) is 2.87. The first kappa shape index (κ1) is 8.62. The number of benzene rings is 1. The van der Waals surface area contributed by atoms with Crippen LogP contribution in [0.4, 0.5) is 5.69 Å². The quantitative estimate of drug-likeness (QED) is 0.581. The second kappa shape index (κ2) is 3.06. The van der Waals surface area contributed by atoms with Crippen molar-refractivity contribution in [2.24, 2.45) is 0 Å². The van der Waals surface area contributed by atoms with Crippen LogP contribution in [0.3, 0.4) is 0 Å². The van der Waals surface area contributed by atoms with Gasteiger partial charge in [0.25, 0.3) is 0 Å². The van der Waals surface area contributed by atoms with Crippen LogP contribution in [-0.4, -0.2) is 13.4 Å². The molecule has 14 heavy (non-hydrogen) atoms. The minimum atomic E-state index is 0.430. The molecule has 0 saturated heterocycles. The number of carbonyl (C=O) groups is 1. The van der Waals surface area contributed by atoms with E-state index in [0.29, 0.717) is 28.9 Å². The van der Waals surface area contributed by atoms with Crippen LogP contribution in [0.5, 0.6) is 5.75 Å². The van der Waals surface area contributed by atoms with Crippen LogP contribution >= 0.6 is 0 Å². The number of ether oxygens (including phenoxy) is 1. The zero-order chi connectivity index (χ0) is 10.1. The zero-order valence-corrected chi connectivity index (χ0v) is 7.61. The Morgan fingerprint density at radius 1 is 1.57 bits per heavy atom. The molecule has 0 atom stereocenters. The number of aldehydes is 1. The summed E-state index contributed by atoms with van der Waals surface area (Å²) in [5.74, 6) is 0.498. The smallest absolute Gasteiger partial charge is 0.160 e. The topological polar surface area (TPSA) is 65.5 Å². The van der Waals surface area contributed by atoms with Crippen LogP contribution in [0, 0.1) is 0 Å². The van der Waals surface area contributed by atoms with Gasteiger partial charge < -0.3 is 14.9 Å². The van der Waals surface area contributed by atoms with Crippen molar-refractivity contribution in [2.75, 3.05) is 12.8 Å². The number of furan rings is 1. The molecule has 4 nitrogen and oxygen atoms in total. The number of anilines is 1. The van der Waals surface area contributed by atoms with Crippen LogP contribution in [0.1, 0.15) is 10.4 Å². The largest absolute Gasteiger partial charge is 0.495 e. The Bertz CT molecular complexity index is 487. The molecule has 0 amide bonds. The summed E-state index contributed by atoms with van der Waals surface area (Å²) in [5, 5.41) is 0.717. The molecular weight excluding hydrogens is 182 g/mol. The Morgan fingerprint density at radius 2 is 2.36 bits per heavy atom. The number of fused-ring (bicyclic) bond motifs is 1. The van der Waals surface area contributed by atoms with Crippen molar-refractivity contribution in [1.29, 1.82) is 0 Å². The van der Waals surface area contributed by atoms with Gasteiger partial charge in [-0.3, -0.25) is 4.79 Å². The Kier molecular flexibility index (Phi) is 1.89. The fourth-order valence-corrected chi connectivity index (χ4v) is 1.48. The molecular formula is C10H9NO3. The standard InChI is InChI=1S/C10H9NO3/c1-13-9-6(5-12)4-8(11)10-7(9)2-3-14-10/h2-5H,11H2,1H3. The SMILES string of the molecule is COc1c(C=O)cc(N)c2occc12. The van der Waals surface area contributed by atoms with Crippen molar-refractivity contribution >= 4 is 22.9 Å². The lowest BCUT2D eigenvalue weighted by atomic mass is 10.1. The molecule has 2 N–H and O–H groups in total. The molecule has 0 spiro atoms. The molecule has 0 aliphatic carbocycles. The van der Waals surface area contributed by atoms with Gasteiger partial charge in [-0.2, -0.15) is 0 Å². The molecule has 72 valence electrons. The molecule has 0 radical (unpaired) electrons. The Morgan fingerprint density at radius 3 is 3.00 bits per heavy atom. The lowest BCUT2D eigenvalue weighted by Crippen LogP contribution is -1.94. The summed E-state index contributed by atoms with van der Waals surface area (Å²) in [5.41, 5.74) is 7.11. The third kappa shape index (κ3) is 1.04. The molecule has 0 bridgehead atoms. The Labute approximate surface area is 80.3 Å². The van der Waals surface area contributed by atoms with E-state index in [-0.39, 0.29) is 0 Å². The predicted octanol–water partition coefficient (Wildman–Crippen LogP) is 1.84. The number of nitrogen functional groups attached to an aromatic ring is 1. The normalized spacial score (nSPS) is 10.4. The average molecular weight is 191 g/mol. The van der Waals surface area contributed by atoms with Crippen molar-refractivity contribution in [3.8, 4) is 5.75 Å². The number of hydrogen-bond acceptors (Lipinski definition) is 4. The number of hydrogen-bond donors (Lipinski definition) is 1. The van der Waals surface area contributed by atoms with E-state index in [1.165, 1.54) is 19.4 Å². The number of rotatable bonds is 2. The van der Waals surface area contributed by atoms with E-state index in [1.54, 1.807) is 6.07 Å². The van der Waals surface area contributed by atoms with E-state index in [0.717, 1.165) is 5.39 Å². The van der Waals surface area contributed by atoms with Crippen LogP contribution in [0.15, 0.2) is 22.8 Å². The zero-order valence-electron chi connectivity index (χ0n) is 7.61. The highest BCUT2D eigenvalue weighted by Crippen LogP contribution is 2.33. The van der Waals surface area contributed by atoms with Crippen LogP contribution in [-0.2, 0) is 0 Å². The highest BCUT2D eigenvalue weighted by Gasteiger charge is 2.12. The molecule has 0 aliphatic rings. The van der Waals surface area contributed by atoms with Gasteiger partial charge in [0.1, 0.15) is 5.75 Å². The molecule has 0 aliphatic heterocycles. The molecule has 0 saturated carbocycles. The van der Waals surface area contributed by atoms with E-state index in [2.05, 4.69) is 0 Å². The van der Waals surface area contributed by atoms with Crippen molar-refractivity contribution in [1.82, 2.24) is 0 Å². The fourth-order valence-electron chi connectivity index (χ4n) is 1.48. The van der Waals surface area contributed by atoms with E-state index in [1.807, 2.05) is 0 Å². The molecule has 2 aromatic rings. The monoisotopic (exact) mass is 191 g/mol. The van der Waals surface area contributed by atoms with Crippen molar-refractivity contribution < 1.29 is 13.9 Å². The maximum atomic E-state index is 10.7. The third-order valence-corrected chi connectivity index (χ3v) is 2.08. The Balaban J connectivity index is 2.88. The summed E-state index contributed by atoms with van der Waals surface area (Å²) in [6, 6.07) is 3.26. The summed E-state index contributed by atoms with van der Waals surface area (Å²) >= 11 is 0. The van der Waals surface area contributed by atoms with Gasteiger partial charge in [0.05, 0.1) is 30.0 Å². The van der Waals surface area contributed by atoms with Crippen LogP contribution < -0.4 is 10.5 Å². The first-order chi connectivity index (χ1) is 6.77. The third-order valence-electron chi connectivity index (χ3n) is 2.08. The van der Waals surface area contributed by atoms with Gasteiger partial charge in [-0.25, -0.2) is 0 Å². The van der Waals surface area contributed by atoms with Crippen molar-refractivity contribution in [3.05, 3.63) is 24.0 Å². The van der Waals surface area contributed by atoms with E-state index in [9.17, 15) is 4.79 Å². The Hall–Kier alpha value is -1.97. The maximum absolute atomic E-state index is 10.7. The van der Waals surface area contributed by atoms with Crippen molar-refractivity contribution in [2.45, 2.75) is 0 Å². The molecule has 1 heterocycles. The molecule has 4 heteroatoms. The van der Waals surface area contributed by atoms with Gasteiger partial charge in [-0.15, -0.1) is 0 Å². The molecule has 0 unspecified atom stereocenters. The van der Waals surface area contributed by atoms with Gasteiger partial charge in [-0.1, -0.05) is 0 Å². The van der Waals surface area contributed by atoms with Gasteiger partial charge >= 0.3 is 0 Å². The predicted molar refractivity (Wildman–Crippen MR) is 52.6 cm³/mol. The van der Waals surface area contributed by atoms with E-state index < -0.39 is 0 Å². The lowest BCUT2D eigenvalue weighted by Gasteiger charge is -2.05. The summed E-state index contributed by atoms with van der Waals surface area (Å²) in [7, 11) is 1.50. The fraction of sp³-hybridized carbons (Fsp3) is 0.100. The van der Waals surface area contributed by atoms with Gasteiger partial charge in [0, 0.05) is 0 Å². The number of carbonyl (C=O) groups excluding carboxylic acids is 1. The van der Waals surface area contributed by atoms with Crippen LogP contribution in [0.25, 0.3) is 11.0 Å². The number of nitrogens with two attached hydrogens (primary N) is 1. The summed E-state index contributed by atoms with van der Waals surface area (Å²) < 4.78 is 10.3. The van der Waals surface area contributed by atoms with Crippen LogP contribution in [0.2, 0.25) is 0 Å². The average Bonchev–Trinajstić information content (AvgIpc) is 2.66. The van der Waals surface area contributed by atoms with Gasteiger partial charge in [0.15, 0.2) is 11.9 Å². The first-order valence-electron chi connectivity index (χ1n) is 4.06.